The Bertz CT molecular complexity index is 709. The molecule has 0 spiro atoms. The van der Waals surface area contributed by atoms with Crippen LogP contribution in [-0.4, -0.2) is 35.3 Å². The van der Waals surface area contributed by atoms with E-state index in [0.717, 1.165) is 31.9 Å². The third-order valence-corrected chi connectivity index (χ3v) is 3.84. The molecule has 0 unspecified atom stereocenters. The van der Waals surface area contributed by atoms with Gasteiger partial charge in [0, 0.05) is 6.54 Å². The summed E-state index contributed by atoms with van der Waals surface area (Å²) in [6.45, 7) is 9.30. The summed E-state index contributed by atoms with van der Waals surface area (Å²) in [5, 5.41) is 18.2. The third kappa shape index (κ3) is 9.73. The molecule has 152 valence electrons. The number of carboxylic acid groups (broad SMARTS) is 2. The van der Waals surface area contributed by atoms with E-state index in [1.807, 2.05) is 6.07 Å². The summed E-state index contributed by atoms with van der Waals surface area (Å²) >= 11 is 0. The van der Waals surface area contributed by atoms with Crippen LogP contribution in [-0.2, 0) is 21.5 Å². The molecule has 28 heavy (non-hydrogen) atoms. The van der Waals surface area contributed by atoms with Crippen LogP contribution < -0.4 is 10.1 Å². The molecule has 0 aliphatic rings. The largest absolute Gasteiger partial charge is 0.494 e. The third-order valence-electron chi connectivity index (χ3n) is 3.84. The Morgan fingerprint density at radius 3 is 2.00 bits per heavy atom. The summed E-state index contributed by atoms with van der Waals surface area (Å²) in [5.74, 6) is -2.69. The molecule has 0 radical (unpaired) electrons. The first-order valence-electron chi connectivity index (χ1n) is 9.14. The van der Waals surface area contributed by atoms with Crippen molar-refractivity contribution in [3.05, 3.63) is 65.7 Å². The average Bonchev–Trinajstić information content (AvgIpc) is 2.65. The van der Waals surface area contributed by atoms with E-state index in [4.69, 9.17) is 24.5 Å². The normalized spacial score (nSPS) is 10.5. The lowest BCUT2D eigenvalue weighted by Gasteiger charge is -2.19. The van der Waals surface area contributed by atoms with Crippen LogP contribution in [0.5, 0.6) is 5.75 Å². The van der Waals surface area contributed by atoms with E-state index in [9.17, 15) is 0 Å². The van der Waals surface area contributed by atoms with Gasteiger partial charge in [-0.15, -0.1) is 0 Å². The van der Waals surface area contributed by atoms with Crippen molar-refractivity contribution in [2.24, 2.45) is 0 Å². The standard InChI is InChI=1S/C20H27NO.C2H2O4/c1-20(2,3)18-10-12-19(13-11-18)22-15-7-14-21-16-17-8-5-4-6-9-17;3-1(4)2(5)6/h4-6,8-13,21H,7,14-16H2,1-3H3;(H,3,4)(H,5,6). The van der Waals surface area contributed by atoms with Crippen molar-refractivity contribution in [1.82, 2.24) is 5.32 Å². The summed E-state index contributed by atoms with van der Waals surface area (Å²) in [6, 6.07) is 18.9. The molecule has 2 aromatic carbocycles. The SMILES string of the molecule is CC(C)(C)c1ccc(OCCCNCc2ccccc2)cc1.O=C(O)C(=O)O. The first-order valence-corrected chi connectivity index (χ1v) is 9.14. The lowest BCUT2D eigenvalue weighted by atomic mass is 9.87. The molecule has 2 aromatic rings. The molecule has 0 saturated heterocycles. The van der Waals surface area contributed by atoms with Gasteiger partial charge < -0.3 is 20.3 Å². The maximum atomic E-state index is 9.10. The highest BCUT2D eigenvalue weighted by molar-refractivity contribution is 6.27. The Morgan fingerprint density at radius 1 is 0.929 bits per heavy atom. The van der Waals surface area contributed by atoms with Crippen LogP contribution in [0, 0.1) is 0 Å². The van der Waals surface area contributed by atoms with E-state index >= 15 is 0 Å². The van der Waals surface area contributed by atoms with Crippen molar-refractivity contribution < 1.29 is 24.5 Å². The highest BCUT2D eigenvalue weighted by Crippen LogP contribution is 2.24. The molecule has 0 fully saturated rings. The summed E-state index contributed by atoms with van der Waals surface area (Å²) in [7, 11) is 0. The summed E-state index contributed by atoms with van der Waals surface area (Å²) in [4.78, 5) is 18.2. The number of benzene rings is 2. The van der Waals surface area contributed by atoms with Gasteiger partial charge in [-0.1, -0.05) is 63.2 Å². The fraction of sp³-hybridized carbons (Fsp3) is 0.364. The van der Waals surface area contributed by atoms with Crippen LogP contribution >= 0.6 is 0 Å². The molecule has 0 aromatic heterocycles. The first kappa shape index (κ1) is 23.2. The van der Waals surface area contributed by atoms with Gasteiger partial charge in [-0.25, -0.2) is 9.59 Å². The van der Waals surface area contributed by atoms with Crippen molar-refractivity contribution in [3.63, 3.8) is 0 Å². The molecule has 0 heterocycles. The van der Waals surface area contributed by atoms with E-state index in [2.05, 4.69) is 74.6 Å². The number of ether oxygens (including phenoxy) is 1. The molecule has 0 aliphatic heterocycles. The lowest BCUT2D eigenvalue weighted by Crippen LogP contribution is -2.17. The second-order valence-corrected chi connectivity index (χ2v) is 7.25. The molecule has 0 bridgehead atoms. The second kappa shape index (κ2) is 11.8. The van der Waals surface area contributed by atoms with Gasteiger partial charge in [-0.05, 0) is 41.6 Å². The van der Waals surface area contributed by atoms with Crippen LogP contribution in [0.4, 0.5) is 0 Å². The van der Waals surface area contributed by atoms with Gasteiger partial charge in [0.25, 0.3) is 0 Å². The molecule has 0 atom stereocenters. The minimum Gasteiger partial charge on any atom is -0.494 e. The number of rotatable bonds is 7. The molecule has 3 N–H and O–H groups in total. The van der Waals surface area contributed by atoms with Crippen LogP contribution in [0.2, 0.25) is 0 Å². The quantitative estimate of drug-likeness (QED) is 0.495. The fourth-order valence-electron chi connectivity index (χ4n) is 2.27. The number of aliphatic carboxylic acids is 2. The summed E-state index contributed by atoms with van der Waals surface area (Å²) < 4.78 is 5.79. The number of carbonyl (C=O) groups is 2. The van der Waals surface area contributed by atoms with Crippen molar-refractivity contribution in [2.45, 2.75) is 39.2 Å². The molecule has 6 heteroatoms. The minimum absolute atomic E-state index is 0.194. The number of nitrogens with one attached hydrogen (secondary N) is 1. The zero-order chi connectivity index (χ0) is 21.0. The van der Waals surface area contributed by atoms with Crippen molar-refractivity contribution in [2.75, 3.05) is 13.2 Å². The molecule has 0 amide bonds. The van der Waals surface area contributed by atoms with Crippen LogP contribution in [0.1, 0.15) is 38.3 Å². The van der Waals surface area contributed by atoms with Crippen LogP contribution in [0.15, 0.2) is 54.6 Å². The number of carboxylic acids is 2. The Kier molecular flexibility index (Phi) is 9.74. The summed E-state index contributed by atoms with van der Waals surface area (Å²) in [6.07, 6.45) is 1.01. The maximum absolute atomic E-state index is 9.10. The molecule has 0 aliphatic carbocycles. The molecular weight excluding hydrogens is 358 g/mol. The predicted octanol–water partition coefficient (Wildman–Crippen LogP) is 3.70. The highest BCUT2D eigenvalue weighted by atomic mass is 16.5. The minimum atomic E-state index is -1.82. The zero-order valence-corrected chi connectivity index (χ0v) is 16.6. The van der Waals surface area contributed by atoms with E-state index in [1.54, 1.807) is 0 Å². The second-order valence-electron chi connectivity index (χ2n) is 7.25. The van der Waals surface area contributed by atoms with Crippen molar-refractivity contribution in [1.29, 1.82) is 0 Å². The van der Waals surface area contributed by atoms with Gasteiger partial charge in [0.1, 0.15) is 5.75 Å². The Morgan fingerprint density at radius 2 is 1.50 bits per heavy atom. The Hall–Kier alpha value is -2.86. The topological polar surface area (TPSA) is 95.9 Å². The van der Waals surface area contributed by atoms with E-state index in [0.29, 0.717) is 0 Å². The molecule has 6 nitrogen and oxygen atoms in total. The van der Waals surface area contributed by atoms with Gasteiger partial charge in [0.15, 0.2) is 0 Å². The molecule has 2 rings (SSSR count). The highest BCUT2D eigenvalue weighted by Gasteiger charge is 2.12. The number of hydrogen-bond acceptors (Lipinski definition) is 4. The van der Waals surface area contributed by atoms with Gasteiger partial charge in [0.05, 0.1) is 6.61 Å². The molecular formula is C22H29NO5. The zero-order valence-electron chi connectivity index (χ0n) is 16.6. The van der Waals surface area contributed by atoms with Gasteiger partial charge in [0.2, 0.25) is 0 Å². The van der Waals surface area contributed by atoms with Gasteiger partial charge >= 0.3 is 11.9 Å². The monoisotopic (exact) mass is 387 g/mol. The number of hydrogen-bond donors (Lipinski definition) is 3. The van der Waals surface area contributed by atoms with E-state index in [1.165, 1.54) is 11.1 Å². The lowest BCUT2D eigenvalue weighted by molar-refractivity contribution is -0.159. The Labute approximate surface area is 166 Å². The molecule has 0 saturated carbocycles. The fourth-order valence-corrected chi connectivity index (χ4v) is 2.27. The predicted molar refractivity (Wildman–Crippen MR) is 109 cm³/mol. The van der Waals surface area contributed by atoms with E-state index in [-0.39, 0.29) is 5.41 Å². The smallest absolute Gasteiger partial charge is 0.414 e. The maximum Gasteiger partial charge on any atom is 0.414 e. The van der Waals surface area contributed by atoms with Gasteiger partial charge in [-0.2, -0.15) is 0 Å². The first-order chi connectivity index (χ1) is 13.2. The van der Waals surface area contributed by atoms with Crippen molar-refractivity contribution in [3.8, 4) is 5.75 Å². The average molecular weight is 387 g/mol. The Balaban J connectivity index is 0.000000568. The van der Waals surface area contributed by atoms with E-state index < -0.39 is 11.9 Å². The van der Waals surface area contributed by atoms with Crippen LogP contribution in [0.3, 0.4) is 0 Å². The van der Waals surface area contributed by atoms with Crippen molar-refractivity contribution >= 4 is 11.9 Å². The van der Waals surface area contributed by atoms with Crippen LogP contribution in [0.25, 0.3) is 0 Å². The summed E-state index contributed by atoms with van der Waals surface area (Å²) in [5.41, 5.74) is 2.85. The van der Waals surface area contributed by atoms with Gasteiger partial charge in [-0.3, -0.25) is 0 Å².